The Labute approximate surface area is 100 Å². The largest absolute Gasteiger partial charge is 0.347 e. The van der Waals surface area contributed by atoms with Gasteiger partial charge in [-0.1, -0.05) is 20.8 Å². The van der Waals surface area contributed by atoms with E-state index < -0.39 is 0 Å². The van der Waals surface area contributed by atoms with Gasteiger partial charge >= 0.3 is 0 Å². The summed E-state index contributed by atoms with van der Waals surface area (Å²) in [5.74, 6) is 0. The molecule has 0 saturated heterocycles. The Morgan fingerprint density at radius 1 is 1.24 bits per heavy atom. The van der Waals surface area contributed by atoms with Crippen LogP contribution in [0.2, 0.25) is 0 Å². The maximum atomic E-state index is 10.7. The first-order valence-electron chi connectivity index (χ1n) is 5.55. The molecule has 0 spiro atoms. The van der Waals surface area contributed by atoms with Crippen LogP contribution in [-0.2, 0) is 12.5 Å². The van der Waals surface area contributed by atoms with E-state index in [1.165, 1.54) is 5.69 Å². The molecule has 1 aromatic heterocycles. The summed E-state index contributed by atoms with van der Waals surface area (Å²) >= 11 is 0. The van der Waals surface area contributed by atoms with Crippen LogP contribution in [0.4, 0.5) is 5.69 Å². The molecule has 4 heteroatoms. The highest BCUT2D eigenvalue weighted by Crippen LogP contribution is 2.30. The summed E-state index contributed by atoms with van der Waals surface area (Å²) < 4.78 is 2.10. The van der Waals surface area contributed by atoms with Crippen LogP contribution >= 0.6 is 0 Å². The lowest BCUT2D eigenvalue weighted by atomic mass is 9.92. The van der Waals surface area contributed by atoms with E-state index in [4.69, 9.17) is 0 Å². The van der Waals surface area contributed by atoms with E-state index in [0.717, 1.165) is 10.9 Å². The molecule has 0 N–H and O–H groups in total. The normalized spacial score (nSPS) is 12.0. The fourth-order valence-corrected chi connectivity index (χ4v) is 2.17. The Balaban J connectivity index is 2.70. The number of aryl methyl sites for hydroxylation is 1. The molecule has 0 atom stereocenters. The summed E-state index contributed by atoms with van der Waals surface area (Å²) in [4.78, 5) is 10.4. The number of rotatable bonds is 1. The number of hydrogen-bond donors (Lipinski definition) is 0. The number of nitro benzene ring substituents is 1. The van der Waals surface area contributed by atoms with E-state index in [1.807, 2.05) is 19.2 Å². The number of nitro groups is 1. The predicted molar refractivity (Wildman–Crippen MR) is 68.3 cm³/mol. The first kappa shape index (κ1) is 11.6. The SMILES string of the molecule is Cn1c(C(C)(C)C)cc2cc([N+](=O)[O-])ccc21. The standard InChI is InChI=1S/C13H16N2O2/c1-13(2,3)12-8-9-7-10(15(16)17)5-6-11(9)14(12)4/h5-8H,1-4H3. The average Bonchev–Trinajstić information content (AvgIpc) is 2.55. The summed E-state index contributed by atoms with van der Waals surface area (Å²) in [6, 6.07) is 7.02. The summed E-state index contributed by atoms with van der Waals surface area (Å²) in [5.41, 5.74) is 2.37. The van der Waals surface area contributed by atoms with Crippen LogP contribution in [0.3, 0.4) is 0 Å². The first-order chi connectivity index (χ1) is 7.80. The van der Waals surface area contributed by atoms with Gasteiger partial charge in [-0.3, -0.25) is 10.1 Å². The van der Waals surface area contributed by atoms with Gasteiger partial charge < -0.3 is 4.57 Å². The predicted octanol–water partition coefficient (Wildman–Crippen LogP) is 3.38. The smallest absolute Gasteiger partial charge is 0.270 e. The molecule has 1 heterocycles. The maximum absolute atomic E-state index is 10.7. The summed E-state index contributed by atoms with van der Waals surface area (Å²) in [6.45, 7) is 6.40. The fourth-order valence-electron chi connectivity index (χ4n) is 2.17. The summed E-state index contributed by atoms with van der Waals surface area (Å²) in [5, 5.41) is 11.7. The van der Waals surface area contributed by atoms with E-state index in [9.17, 15) is 10.1 Å². The molecule has 1 aromatic carbocycles. The molecule has 0 unspecified atom stereocenters. The second-order valence-corrected chi connectivity index (χ2v) is 5.34. The Morgan fingerprint density at radius 3 is 2.41 bits per heavy atom. The number of non-ortho nitro benzene ring substituents is 1. The van der Waals surface area contributed by atoms with Crippen LogP contribution in [0.5, 0.6) is 0 Å². The molecule has 0 fully saturated rings. The molecule has 0 bridgehead atoms. The van der Waals surface area contributed by atoms with Crippen molar-refractivity contribution < 1.29 is 4.92 Å². The van der Waals surface area contributed by atoms with Gasteiger partial charge in [0.25, 0.3) is 5.69 Å². The molecule has 0 aliphatic heterocycles. The van der Waals surface area contributed by atoms with Crippen molar-refractivity contribution in [2.45, 2.75) is 26.2 Å². The molecular formula is C13H16N2O2. The Hall–Kier alpha value is -1.84. The van der Waals surface area contributed by atoms with Crippen LogP contribution in [-0.4, -0.2) is 9.49 Å². The zero-order valence-electron chi connectivity index (χ0n) is 10.5. The lowest BCUT2D eigenvalue weighted by molar-refractivity contribution is -0.384. The molecule has 0 radical (unpaired) electrons. The van der Waals surface area contributed by atoms with Gasteiger partial charge in [0.2, 0.25) is 0 Å². The number of aromatic nitrogens is 1. The van der Waals surface area contributed by atoms with Crippen LogP contribution in [0, 0.1) is 10.1 Å². The van der Waals surface area contributed by atoms with Gasteiger partial charge in [0.15, 0.2) is 0 Å². The van der Waals surface area contributed by atoms with Gasteiger partial charge in [-0.2, -0.15) is 0 Å². The monoisotopic (exact) mass is 232 g/mol. The third-order valence-electron chi connectivity index (χ3n) is 3.01. The zero-order chi connectivity index (χ0) is 12.8. The quantitative estimate of drug-likeness (QED) is 0.559. The van der Waals surface area contributed by atoms with Crippen molar-refractivity contribution in [3.8, 4) is 0 Å². The van der Waals surface area contributed by atoms with E-state index in [2.05, 4.69) is 25.3 Å². The molecule has 0 amide bonds. The van der Waals surface area contributed by atoms with Crippen molar-refractivity contribution in [2.24, 2.45) is 7.05 Å². The van der Waals surface area contributed by atoms with Gasteiger partial charge in [-0.25, -0.2) is 0 Å². The topological polar surface area (TPSA) is 48.1 Å². The molecule has 2 rings (SSSR count). The van der Waals surface area contributed by atoms with Crippen LogP contribution < -0.4 is 0 Å². The minimum atomic E-state index is -0.358. The minimum absolute atomic E-state index is 0.0303. The van der Waals surface area contributed by atoms with Crippen molar-refractivity contribution in [2.75, 3.05) is 0 Å². The van der Waals surface area contributed by atoms with Crippen molar-refractivity contribution >= 4 is 16.6 Å². The van der Waals surface area contributed by atoms with Crippen molar-refractivity contribution in [3.05, 3.63) is 40.1 Å². The Morgan fingerprint density at radius 2 is 1.88 bits per heavy atom. The summed E-state index contributed by atoms with van der Waals surface area (Å²) in [6.07, 6.45) is 0. The van der Waals surface area contributed by atoms with Gasteiger partial charge in [-0.05, 0) is 12.1 Å². The minimum Gasteiger partial charge on any atom is -0.347 e. The van der Waals surface area contributed by atoms with Gasteiger partial charge in [0.1, 0.15) is 0 Å². The lowest BCUT2D eigenvalue weighted by Crippen LogP contribution is -2.15. The number of benzene rings is 1. The average molecular weight is 232 g/mol. The Kier molecular flexibility index (Phi) is 2.45. The molecule has 17 heavy (non-hydrogen) atoms. The van der Waals surface area contributed by atoms with Crippen LogP contribution in [0.15, 0.2) is 24.3 Å². The highest BCUT2D eigenvalue weighted by molar-refractivity contribution is 5.83. The molecule has 2 aromatic rings. The van der Waals surface area contributed by atoms with E-state index in [-0.39, 0.29) is 16.0 Å². The van der Waals surface area contributed by atoms with E-state index in [1.54, 1.807) is 12.1 Å². The molecule has 0 aliphatic carbocycles. The van der Waals surface area contributed by atoms with E-state index >= 15 is 0 Å². The summed E-state index contributed by atoms with van der Waals surface area (Å²) in [7, 11) is 1.99. The van der Waals surface area contributed by atoms with Crippen molar-refractivity contribution in [3.63, 3.8) is 0 Å². The number of nitrogens with zero attached hydrogens (tertiary/aromatic N) is 2. The third kappa shape index (κ3) is 1.90. The number of fused-ring (bicyclic) bond motifs is 1. The molecule has 90 valence electrons. The van der Waals surface area contributed by atoms with E-state index in [0.29, 0.717) is 0 Å². The van der Waals surface area contributed by atoms with Gasteiger partial charge in [-0.15, -0.1) is 0 Å². The van der Waals surface area contributed by atoms with Crippen LogP contribution in [0.1, 0.15) is 26.5 Å². The van der Waals surface area contributed by atoms with Gasteiger partial charge in [0, 0.05) is 41.2 Å². The highest BCUT2D eigenvalue weighted by atomic mass is 16.6. The molecule has 0 aliphatic rings. The highest BCUT2D eigenvalue weighted by Gasteiger charge is 2.20. The number of hydrogen-bond acceptors (Lipinski definition) is 2. The fraction of sp³-hybridized carbons (Fsp3) is 0.385. The Bertz CT molecular complexity index is 591. The first-order valence-corrected chi connectivity index (χ1v) is 5.55. The van der Waals surface area contributed by atoms with Crippen LogP contribution in [0.25, 0.3) is 10.9 Å². The second-order valence-electron chi connectivity index (χ2n) is 5.34. The third-order valence-corrected chi connectivity index (χ3v) is 3.01. The maximum Gasteiger partial charge on any atom is 0.270 e. The van der Waals surface area contributed by atoms with Gasteiger partial charge in [0.05, 0.1) is 4.92 Å². The molecule has 4 nitrogen and oxygen atoms in total. The van der Waals surface area contributed by atoms with Crippen molar-refractivity contribution in [1.29, 1.82) is 0 Å². The van der Waals surface area contributed by atoms with Crippen molar-refractivity contribution in [1.82, 2.24) is 4.57 Å². The lowest BCUT2D eigenvalue weighted by Gasteiger charge is -2.19. The molecular weight excluding hydrogens is 216 g/mol. The molecule has 0 saturated carbocycles. The second kappa shape index (κ2) is 3.58. The zero-order valence-corrected chi connectivity index (χ0v) is 10.5.